The first-order valence-electron chi connectivity index (χ1n) is 7.14. The molecule has 0 radical (unpaired) electrons. The van der Waals surface area contributed by atoms with Crippen molar-refractivity contribution in [2.24, 2.45) is 0 Å². The van der Waals surface area contributed by atoms with Gasteiger partial charge in [0.2, 0.25) is 5.91 Å². The molecular formula is C18H22N2O. The molecule has 0 saturated carbocycles. The predicted octanol–water partition coefficient (Wildman–Crippen LogP) is 4.18. The van der Waals surface area contributed by atoms with Gasteiger partial charge in [0, 0.05) is 24.8 Å². The van der Waals surface area contributed by atoms with Crippen LogP contribution in [0.1, 0.15) is 29.2 Å². The maximum atomic E-state index is 11.0. The predicted molar refractivity (Wildman–Crippen MR) is 88.7 cm³/mol. The summed E-state index contributed by atoms with van der Waals surface area (Å²) in [6.07, 6.45) is 0. The first-order chi connectivity index (χ1) is 9.95. The topological polar surface area (TPSA) is 41.1 Å². The van der Waals surface area contributed by atoms with Gasteiger partial charge in [0.1, 0.15) is 0 Å². The molecule has 0 unspecified atom stereocenters. The van der Waals surface area contributed by atoms with Gasteiger partial charge in [0.05, 0.1) is 0 Å². The highest BCUT2D eigenvalue weighted by Crippen LogP contribution is 2.22. The summed E-state index contributed by atoms with van der Waals surface area (Å²) in [6.45, 7) is 8.65. The summed E-state index contributed by atoms with van der Waals surface area (Å²) in [5.41, 5.74) is 7.03. The van der Waals surface area contributed by atoms with Crippen LogP contribution in [-0.4, -0.2) is 5.91 Å². The Kier molecular flexibility index (Phi) is 4.63. The SMILES string of the molecule is CC(=O)Nc1ccc(CNc2c(C)cc(C)cc2C)cc1. The zero-order valence-electron chi connectivity index (χ0n) is 13.1. The van der Waals surface area contributed by atoms with Crippen LogP contribution in [0.25, 0.3) is 0 Å². The van der Waals surface area contributed by atoms with Gasteiger partial charge in [-0.1, -0.05) is 29.8 Å². The van der Waals surface area contributed by atoms with Gasteiger partial charge in [0.25, 0.3) is 0 Å². The van der Waals surface area contributed by atoms with Crippen molar-refractivity contribution in [1.29, 1.82) is 0 Å². The van der Waals surface area contributed by atoms with Crippen LogP contribution in [0.2, 0.25) is 0 Å². The monoisotopic (exact) mass is 282 g/mol. The molecule has 2 aromatic carbocycles. The van der Waals surface area contributed by atoms with Gasteiger partial charge >= 0.3 is 0 Å². The Hall–Kier alpha value is -2.29. The lowest BCUT2D eigenvalue weighted by Gasteiger charge is -2.14. The van der Waals surface area contributed by atoms with Gasteiger partial charge in [-0.25, -0.2) is 0 Å². The Labute approximate surface area is 126 Å². The highest BCUT2D eigenvalue weighted by molar-refractivity contribution is 5.88. The van der Waals surface area contributed by atoms with Crippen LogP contribution in [0.3, 0.4) is 0 Å². The molecule has 0 aromatic heterocycles. The number of hydrogen-bond acceptors (Lipinski definition) is 2. The number of nitrogens with one attached hydrogen (secondary N) is 2. The Morgan fingerprint density at radius 3 is 2.10 bits per heavy atom. The molecule has 0 aliphatic rings. The molecule has 0 bridgehead atoms. The van der Waals surface area contributed by atoms with E-state index < -0.39 is 0 Å². The van der Waals surface area contributed by atoms with Crippen molar-refractivity contribution in [3.05, 3.63) is 58.7 Å². The van der Waals surface area contributed by atoms with E-state index in [4.69, 9.17) is 0 Å². The van der Waals surface area contributed by atoms with E-state index in [2.05, 4.69) is 43.5 Å². The fraction of sp³-hybridized carbons (Fsp3) is 0.278. The molecule has 0 atom stereocenters. The van der Waals surface area contributed by atoms with Gasteiger partial charge in [-0.15, -0.1) is 0 Å². The lowest BCUT2D eigenvalue weighted by Crippen LogP contribution is -2.06. The molecule has 2 N–H and O–H groups in total. The van der Waals surface area contributed by atoms with E-state index >= 15 is 0 Å². The minimum Gasteiger partial charge on any atom is -0.381 e. The molecular weight excluding hydrogens is 260 g/mol. The molecule has 3 heteroatoms. The molecule has 0 fully saturated rings. The second kappa shape index (κ2) is 6.44. The molecule has 0 heterocycles. The number of rotatable bonds is 4. The van der Waals surface area contributed by atoms with Crippen LogP contribution in [-0.2, 0) is 11.3 Å². The lowest BCUT2D eigenvalue weighted by molar-refractivity contribution is -0.114. The summed E-state index contributed by atoms with van der Waals surface area (Å²) in [6, 6.07) is 12.3. The van der Waals surface area contributed by atoms with Crippen LogP contribution < -0.4 is 10.6 Å². The minimum absolute atomic E-state index is 0.0493. The van der Waals surface area contributed by atoms with Gasteiger partial charge in [-0.05, 0) is 49.6 Å². The molecule has 2 rings (SSSR count). The van der Waals surface area contributed by atoms with Crippen LogP contribution in [0.15, 0.2) is 36.4 Å². The van der Waals surface area contributed by atoms with Crippen molar-refractivity contribution < 1.29 is 4.79 Å². The Bertz CT molecular complexity index is 622. The summed E-state index contributed by atoms with van der Waals surface area (Å²) in [5.74, 6) is -0.0493. The molecule has 0 aliphatic carbocycles. The first kappa shape index (κ1) is 15.1. The van der Waals surface area contributed by atoms with Crippen molar-refractivity contribution in [1.82, 2.24) is 0 Å². The van der Waals surface area contributed by atoms with E-state index in [1.165, 1.54) is 34.9 Å². The van der Waals surface area contributed by atoms with Crippen LogP contribution in [0, 0.1) is 20.8 Å². The highest BCUT2D eigenvalue weighted by Gasteiger charge is 2.03. The van der Waals surface area contributed by atoms with E-state index in [9.17, 15) is 4.79 Å². The third-order valence-electron chi connectivity index (χ3n) is 3.42. The summed E-state index contributed by atoms with van der Waals surface area (Å²) >= 11 is 0. The molecule has 21 heavy (non-hydrogen) atoms. The third-order valence-corrected chi connectivity index (χ3v) is 3.42. The third kappa shape index (κ3) is 4.09. The molecule has 0 aliphatic heterocycles. The maximum Gasteiger partial charge on any atom is 0.221 e. The summed E-state index contributed by atoms with van der Waals surface area (Å²) in [5, 5.41) is 6.27. The van der Waals surface area contributed by atoms with E-state index in [1.807, 2.05) is 24.3 Å². The van der Waals surface area contributed by atoms with E-state index in [0.29, 0.717) is 0 Å². The zero-order valence-corrected chi connectivity index (χ0v) is 13.1. The highest BCUT2D eigenvalue weighted by atomic mass is 16.1. The van der Waals surface area contributed by atoms with Gasteiger partial charge in [-0.2, -0.15) is 0 Å². The Morgan fingerprint density at radius 2 is 1.57 bits per heavy atom. The second-order valence-corrected chi connectivity index (χ2v) is 5.51. The summed E-state index contributed by atoms with van der Waals surface area (Å²) in [4.78, 5) is 11.0. The normalized spacial score (nSPS) is 10.3. The lowest BCUT2D eigenvalue weighted by atomic mass is 10.0. The summed E-state index contributed by atoms with van der Waals surface area (Å²) in [7, 11) is 0. The van der Waals surface area contributed by atoms with Gasteiger partial charge in [0.15, 0.2) is 0 Å². The van der Waals surface area contributed by atoms with E-state index in [-0.39, 0.29) is 5.91 Å². The van der Waals surface area contributed by atoms with Crippen LogP contribution >= 0.6 is 0 Å². The average Bonchev–Trinajstić information content (AvgIpc) is 2.38. The van der Waals surface area contributed by atoms with Gasteiger partial charge < -0.3 is 10.6 Å². The summed E-state index contributed by atoms with van der Waals surface area (Å²) < 4.78 is 0. The number of amides is 1. The number of anilines is 2. The molecule has 1 amide bonds. The first-order valence-corrected chi connectivity index (χ1v) is 7.14. The Morgan fingerprint density at radius 1 is 1.00 bits per heavy atom. The van der Waals surface area contributed by atoms with Gasteiger partial charge in [-0.3, -0.25) is 4.79 Å². The van der Waals surface area contributed by atoms with E-state index in [0.717, 1.165) is 12.2 Å². The fourth-order valence-electron chi connectivity index (χ4n) is 2.56. The van der Waals surface area contributed by atoms with Crippen molar-refractivity contribution in [2.45, 2.75) is 34.2 Å². The molecule has 0 saturated heterocycles. The van der Waals surface area contributed by atoms with E-state index in [1.54, 1.807) is 0 Å². The van der Waals surface area contributed by atoms with Crippen molar-refractivity contribution >= 4 is 17.3 Å². The van der Waals surface area contributed by atoms with Crippen molar-refractivity contribution in [2.75, 3.05) is 10.6 Å². The number of benzene rings is 2. The minimum atomic E-state index is -0.0493. The largest absolute Gasteiger partial charge is 0.381 e. The number of carbonyl (C=O) groups is 1. The van der Waals surface area contributed by atoms with Crippen LogP contribution in [0.5, 0.6) is 0 Å². The smallest absolute Gasteiger partial charge is 0.221 e. The number of aryl methyl sites for hydroxylation is 3. The number of hydrogen-bond donors (Lipinski definition) is 2. The standard InChI is InChI=1S/C18H22N2O/c1-12-9-13(2)18(14(3)10-12)19-11-16-5-7-17(8-6-16)20-15(4)21/h5-10,19H,11H2,1-4H3,(H,20,21). The Balaban J connectivity index is 2.05. The van der Waals surface area contributed by atoms with Crippen molar-refractivity contribution in [3.63, 3.8) is 0 Å². The fourth-order valence-corrected chi connectivity index (χ4v) is 2.56. The van der Waals surface area contributed by atoms with Crippen LogP contribution in [0.4, 0.5) is 11.4 Å². The quantitative estimate of drug-likeness (QED) is 0.883. The zero-order chi connectivity index (χ0) is 15.4. The molecule has 2 aromatic rings. The average molecular weight is 282 g/mol. The second-order valence-electron chi connectivity index (χ2n) is 5.51. The number of carbonyl (C=O) groups excluding carboxylic acids is 1. The molecule has 3 nitrogen and oxygen atoms in total. The van der Waals surface area contributed by atoms with Crippen molar-refractivity contribution in [3.8, 4) is 0 Å². The molecule has 110 valence electrons. The maximum absolute atomic E-state index is 11.0. The molecule has 0 spiro atoms.